The van der Waals surface area contributed by atoms with Gasteiger partial charge in [0.2, 0.25) is 0 Å². The maximum atomic E-state index is 12.2. The molecule has 0 saturated carbocycles. The molecule has 0 aliphatic carbocycles. The van der Waals surface area contributed by atoms with Crippen molar-refractivity contribution in [1.82, 2.24) is 9.78 Å². The van der Waals surface area contributed by atoms with Crippen LogP contribution in [0.1, 0.15) is 17.4 Å². The maximum absolute atomic E-state index is 12.2. The molecule has 1 aromatic heterocycles. The Bertz CT molecular complexity index is 691. The standard InChI is InChI=1S/C12H10Br2N4O3/c1-2-17-10(3-4-15-17)12(19)16-11-8(13)5-7(18(20)21)6-9(11)14/h3-6H,2H2,1H3,(H,16,19). The SMILES string of the molecule is CCn1nccc1C(=O)Nc1c(Br)cc([N+](=O)[O-])cc1Br. The molecular formula is C12H10Br2N4O3. The van der Waals surface area contributed by atoms with Gasteiger partial charge in [0.25, 0.3) is 11.6 Å². The number of amides is 1. The average Bonchev–Trinajstić information content (AvgIpc) is 2.90. The number of rotatable bonds is 4. The van der Waals surface area contributed by atoms with E-state index in [1.54, 1.807) is 16.9 Å². The van der Waals surface area contributed by atoms with Crippen molar-refractivity contribution in [3.05, 3.63) is 49.1 Å². The number of carbonyl (C=O) groups excluding carboxylic acids is 1. The van der Waals surface area contributed by atoms with Crippen molar-refractivity contribution in [3.8, 4) is 0 Å². The van der Waals surface area contributed by atoms with E-state index >= 15 is 0 Å². The lowest BCUT2D eigenvalue weighted by Gasteiger charge is -2.10. The molecule has 0 saturated heterocycles. The Morgan fingerprint density at radius 1 is 1.43 bits per heavy atom. The van der Waals surface area contributed by atoms with Crippen molar-refractivity contribution in [2.45, 2.75) is 13.5 Å². The Kier molecular flexibility index (Phi) is 4.73. The highest BCUT2D eigenvalue weighted by Gasteiger charge is 2.18. The lowest BCUT2D eigenvalue weighted by Crippen LogP contribution is -2.18. The van der Waals surface area contributed by atoms with Gasteiger partial charge < -0.3 is 5.32 Å². The Morgan fingerprint density at radius 2 is 2.05 bits per heavy atom. The van der Waals surface area contributed by atoms with Crippen molar-refractivity contribution in [2.24, 2.45) is 0 Å². The molecule has 0 aliphatic heterocycles. The first-order chi connectivity index (χ1) is 9.93. The number of halogens is 2. The monoisotopic (exact) mass is 416 g/mol. The number of nitrogens with zero attached hydrogens (tertiary/aromatic N) is 3. The summed E-state index contributed by atoms with van der Waals surface area (Å²) in [6.07, 6.45) is 1.54. The molecule has 0 atom stereocenters. The van der Waals surface area contributed by atoms with Gasteiger partial charge in [0.1, 0.15) is 5.69 Å². The van der Waals surface area contributed by atoms with Gasteiger partial charge in [-0.2, -0.15) is 5.10 Å². The topological polar surface area (TPSA) is 90.1 Å². The van der Waals surface area contributed by atoms with Crippen LogP contribution in [0.15, 0.2) is 33.3 Å². The number of aromatic nitrogens is 2. The van der Waals surface area contributed by atoms with Gasteiger partial charge in [-0.15, -0.1) is 0 Å². The third-order valence-electron chi connectivity index (χ3n) is 2.72. The van der Waals surface area contributed by atoms with E-state index in [0.29, 0.717) is 26.9 Å². The van der Waals surface area contributed by atoms with Gasteiger partial charge >= 0.3 is 0 Å². The second kappa shape index (κ2) is 6.35. The quantitative estimate of drug-likeness (QED) is 0.607. The minimum absolute atomic E-state index is 0.0784. The molecule has 1 heterocycles. The molecule has 0 fully saturated rings. The van der Waals surface area contributed by atoms with E-state index in [1.807, 2.05) is 6.92 Å². The molecule has 110 valence electrons. The highest BCUT2D eigenvalue weighted by Crippen LogP contribution is 2.35. The van der Waals surface area contributed by atoms with Crippen LogP contribution in [0.3, 0.4) is 0 Å². The zero-order valence-electron chi connectivity index (χ0n) is 10.8. The Morgan fingerprint density at radius 3 is 2.57 bits per heavy atom. The number of carbonyl (C=O) groups is 1. The van der Waals surface area contributed by atoms with Crippen LogP contribution in [-0.4, -0.2) is 20.6 Å². The molecule has 1 N–H and O–H groups in total. The van der Waals surface area contributed by atoms with Gasteiger partial charge in [-0.1, -0.05) is 0 Å². The summed E-state index contributed by atoms with van der Waals surface area (Å²) in [4.78, 5) is 22.5. The summed E-state index contributed by atoms with van der Waals surface area (Å²) in [7, 11) is 0. The lowest BCUT2D eigenvalue weighted by atomic mass is 10.2. The van der Waals surface area contributed by atoms with Crippen LogP contribution in [-0.2, 0) is 6.54 Å². The summed E-state index contributed by atoms with van der Waals surface area (Å²) >= 11 is 6.44. The fourth-order valence-electron chi connectivity index (χ4n) is 1.74. The summed E-state index contributed by atoms with van der Waals surface area (Å²) < 4.78 is 2.39. The number of nitrogens with one attached hydrogen (secondary N) is 1. The van der Waals surface area contributed by atoms with Gasteiger partial charge in [0, 0.05) is 33.8 Å². The first kappa shape index (κ1) is 15.6. The summed E-state index contributed by atoms with van der Waals surface area (Å²) in [5, 5.41) is 17.5. The molecule has 0 unspecified atom stereocenters. The fourth-order valence-corrected chi connectivity index (χ4v) is 3.10. The summed E-state index contributed by atoms with van der Waals surface area (Å²) in [5.74, 6) is -0.343. The Balaban J connectivity index is 2.32. The minimum Gasteiger partial charge on any atom is -0.319 e. The van der Waals surface area contributed by atoms with E-state index in [4.69, 9.17) is 0 Å². The number of nitro groups is 1. The second-order valence-electron chi connectivity index (χ2n) is 4.03. The van der Waals surface area contributed by atoms with E-state index in [9.17, 15) is 14.9 Å². The molecule has 0 aliphatic rings. The summed E-state index contributed by atoms with van der Waals surface area (Å²) in [5.41, 5.74) is 0.759. The van der Waals surface area contributed by atoms with Crippen LogP contribution >= 0.6 is 31.9 Å². The number of nitro benzene ring substituents is 1. The predicted octanol–water partition coefficient (Wildman–Crippen LogP) is 3.59. The van der Waals surface area contributed by atoms with E-state index in [-0.39, 0.29) is 11.6 Å². The number of anilines is 1. The van der Waals surface area contributed by atoms with E-state index < -0.39 is 4.92 Å². The molecule has 0 radical (unpaired) electrons. The van der Waals surface area contributed by atoms with E-state index in [1.165, 1.54) is 12.1 Å². The molecule has 2 rings (SSSR count). The summed E-state index contributed by atoms with van der Waals surface area (Å²) in [6.45, 7) is 2.44. The van der Waals surface area contributed by atoms with Crippen molar-refractivity contribution in [1.29, 1.82) is 0 Å². The Hall–Kier alpha value is -1.74. The largest absolute Gasteiger partial charge is 0.319 e. The third-order valence-corrected chi connectivity index (χ3v) is 3.98. The zero-order chi connectivity index (χ0) is 15.6. The van der Waals surface area contributed by atoms with Gasteiger partial charge in [-0.05, 0) is 44.8 Å². The molecule has 0 bridgehead atoms. The highest BCUT2D eigenvalue weighted by molar-refractivity contribution is 9.11. The molecule has 7 nitrogen and oxygen atoms in total. The van der Waals surface area contributed by atoms with Crippen molar-refractivity contribution >= 4 is 49.1 Å². The number of hydrogen-bond donors (Lipinski definition) is 1. The third kappa shape index (κ3) is 3.30. The molecule has 0 spiro atoms. The van der Waals surface area contributed by atoms with Crippen LogP contribution in [0.2, 0.25) is 0 Å². The van der Waals surface area contributed by atoms with Crippen LogP contribution in [0.4, 0.5) is 11.4 Å². The zero-order valence-corrected chi connectivity index (χ0v) is 14.0. The smallest absolute Gasteiger partial charge is 0.273 e. The van der Waals surface area contributed by atoms with Crippen molar-refractivity contribution < 1.29 is 9.72 Å². The predicted molar refractivity (Wildman–Crippen MR) is 84.4 cm³/mol. The highest BCUT2D eigenvalue weighted by atomic mass is 79.9. The van der Waals surface area contributed by atoms with E-state index in [2.05, 4.69) is 42.3 Å². The molecule has 1 aromatic carbocycles. The van der Waals surface area contributed by atoms with Gasteiger partial charge in [-0.3, -0.25) is 19.6 Å². The van der Waals surface area contributed by atoms with Crippen LogP contribution < -0.4 is 5.32 Å². The molecule has 1 amide bonds. The number of hydrogen-bond acceptors (Lipinski definition) is 4. The summed E-state index contributed by atoms with van der Waals surface area (Å²) in [6, 6.07) is 4.26. The normalized spacial score (nSPS) is 10.4. The minimum atomic E-state index is -0.507. The lowest BCUT2D eigenvalue weighted by molar-refractivity contribution is -0.385. The van der Waals surface area contributed by atoms with Gasteiger partial charge in [0.15, 0.2) is 0 Å². The number of non-ortho nitro benzene ring substituents is 1. The number of aryl methyl sites for hydroxylation is 1. The van der Waals surface area contributed by atoms with Gasteiger partial charge in [-0.25, -0.2) is 0 Å². The second-order valence-corrected chi connectivity index (χ2v) is 5.74. The first-order valence-electron chi connectivity index (χ1n) is 5.90. The van der Waals surface area contributed by atoms with Crippen molar-refractivity contribution in [3.63, 3.8) is 0 Å². The molecular weight excluding hydrogens is 408 g/mol. The van der Waals surface area contributed by atoms with Gasteiger partial charge in [0.05, 0.1) is 10.6 Å². The number of benzene rings is 1. The van der Waals surface area contributed by atoms with Crippen LogP contribution in [0.5, 0.6) is 0 Å². The van der Waals surface area contributed by atoms with Crippen LogP contribution in [0.25, 0.3) is 0 Å². The van der Waals surface area contributed by atoms with Crippen molar-refractivity contribution in [2.75, 3.05) is 5.32 Å². The molecule has 21 heavy (non-hydrogen) atoms. The average molecular weight is 418 g/mol. The van der Waals surface area contributed by atoms with E-state index in [0.717, 1.165) is 0 Å². The first-order valence-corrected chi connectivity index (χ1v) is 7.49. The Labute approximate surface area is 136 Å². The van der Waals surface area contributed by atoms with Crippen LogP contribution in [0, 0.1) is 10.1 Å². The molecule has 9 heteroatoms. The maximum Gasteiger partial charge on any atom is 0.273 e. The molecule has 2 aromatic rings. The fraction of sp³-hybridized carbons (Fsp3) is 0.167.